The first-order chi connectivity index (χ1) is 10.5. The van der Waals surface area contributed by atoms with E-state index in [9.17, 15) is 9.59 Å². The third-order valence-electron chi connectivity index (χ3n) is 3.26. The molecule has 1 heterocycles. The van der Waals surface area contributed by atoms with Crippen molar-refractivity contribution in [2.24, 2.45) is 4.99 Å². The molecule has 1 aliphatic heterocycles. The van der Waals surface area contributed by atoms with Gasteiger partial charge < -0.3 is 10.2 Å². The molecule has 0 bridgehead atoms. The van der Waals surface area contributed by atoms with Crippen molar-refractivity contribution in [1.29, 1.82) is 0 Å². The van der Waals surface area contributed by atoms with Crippen LogP contribution in [0.3, 0.4) is 0 Å². The number of thioether (sulfide) groups is 1. The zero-order chi connectivity index (χ0) is 16.1. The summed E-state index contributed by atoms with van der Waals surface area (Å²) in [5.41, 5.74) is 0.741. The molecule has 1 N–H and O–H groups in total. The Balaban J connectivity index is 1.90. The van der Waals surface area contributed by atoms with Crippen LogP contribution in [-0.2, 0) is 9.59 Å². The van der Waals surface area contributed by atoms with Crippen molar-refractivity contribution >= 4 is 57.0 Å². The lowest BCUT2D eigenvalue weighted by molar-refractivity contribution is -0.121. The fourth-order valence-electron chi connectivity index (χ4n) is 2.05. The lowest BCUT2D eigenvalue weighted by Crippen LogP contribution is -2.27. The number of amidine groups is 1. The Morgan fingerprint density at radius 1 is 1.32 bits per heavy atom. The SMILES string of the molecule is CCN(CC)C1=NC(=O)[C@H](CC(=O)Nc2ccc(I)cc2)S1. The number of nitrogens with one attached hydrogen (secondary N) is 1. The molecule has 2 rings (SSSR count). The molecule has 1 aliphatic rings. The van der Waals surface area contributed by atoms with Crippen molar-refractivity contribution < 1.29 is 9.59 Å². The van der Waals surface area contributed by atoms with E-state index < -0.39 is 5.25 Å². The first-order valence-corrected chi connectivity index (χ1v) is 9.08. The van der Waals surface area contributed by atoms with Crippen LogP contribution in [0, 0.1) is 3.57 Å². The minimum atomic E-state index is -0.417. The Labute approximate surface area is 148 Å². The molecule has 0 aromatic heterocycles. The molecular weight excluding hydrogens is 413 g/mol. The maximum atomic E-state index is 12.1. The van der Waals surface area contributed by atoms with Crippen molar-refractivity contribution in [3.63, 3.8) is 0 Å². The topological polar surface area (TPSA) is 61.8 Å². The molecule has 1 aromatic rings. The van der Waals surface area contributed by atoms with Gasteiger partial charge in [0, 0.05) is 28.8 Å². The van der Waals surface area contributed by atoms with E-state index >= 15 is 0 Å². The average molecular weight is 431 g/mol. The van der Waals surface area contributed by atoms with Crippen LogP contribution < -0.4 is 5.32 Å². The van der Waals surface area contributed by atoms with Crippen LogP contribution in [0.5, 0.6) is 0 Å². The predicted octanol–water partition coefficient (Wildman–Crippen LogP) is 2.96. The Hall–Kier alpha value is -1.09. The summed E-state index contributed by atoms with van der Waals surface area (Å²) in [6.45, 7) is 5.65. The number of rotatable bonds is 5. The summed E-state index contributed by atoms with van der Waals surface area (Å²) in [4.78, 5) is 30.1. The molecule has 0 aliphatic carbocycles. The van der Waals surface area contributed by atoms with Crippen LogP contribution in [0.4, 0.5) is 5.69 Å². The average Bonchev–Trinajstić information content (AvgIpc) is 2.84. The highest BCUT2D eigenvalue weighted by atomic mass is 127. The molecule has 0 radical (unpaired) electrons. The number of hydrogen-bond acceptors (Lipinski definition) is 4. The molecule has 0 fully saturated rings. The molecule has 0 spiro atoms. The maximum Gasteiger partial charge on any atom is 0.262 e. The number of carbonyl (C=O) groups excluding carboxylic acids is 2. The normalized spacial score (nSPS) is 17.3. The number of halogens is 1. The second kappa shape index (κ2) is 7.96. The molecule has 7 heteroatoms. The zero-order valence-electron chi connectivity index (χ0n) is 12.5. The summed E-state index contributed by atoms with van der Waals surface area (Å²) in [7, 11) is 0. The fourth-order valence-corrected chi connectivity index (χ4v) is 3.60. The van der Waals surface area contributed by atoms with Crippen molar-refractivity contribution in [1.82, 2.24) is 4.90 Å². The van der Waals surface area contributed by atoms with Gasteiger partial charge in [0.15, 0.2) is 5.17 Å². The van der Waals surface area contributed by atoms with Crippen LogP contribution in [0.25, 0.3) is 0 Å². The molecule has 0 saturated carbocycles. The number of benzene rings is 1. The first kappa shape index (κ1) is 17.3. The highest BCUT2D eigenvalue weighted by molar-refractivity contribution is 14.1. The molecule has 2 amide bonds. The van der Waals surface area contributed by atoms with Crippen LogP contribution >= 0.6 is 34.4 Å². The van der Waals surface area contributed by atoms with Gasteiger partial charge in [0.1, 0.15) is 5.25 Å². The number of aliphatic imine (C=N–C) groups is 1. The molecule has 22 heavy (non-hydrogen) atoms. The summed E-state index contributed by atoms with van der Waals surface area (Å²) in [6, 6.07) is 7.54. The quantitative estimate of drug-likeness (QED) is 0.729. The molecule has 118 valence electrons. The van der Waals surface area contributed by atoms with Gasteiger partial charge in [-0.1, -0.05) is 11.8 Å². The second-order valence-electron chi connectivity index (χ2n) is 4.77. The Morgan fingerprint density at radius 3 is 2.55 bits per heavy atom. The Kier molecular flexibility index (Phi) is 6.25. The number of anilines is 1. The number of nitrogens with zero attached hydrogens (tertiary/aromatic N) is 2. The molecule has 0 saturated heterocycles. The Morgan fingerprint density at radius 2 is 1.95 bits per heavy atom. The van der Waals surface area contributed by atoms with E-state index in [1.807, 2.05) is 43.0 Å². The summed E-state index contributed by atoms with van der Waals surface area (Å²) < 4.78 is 1.11. The van der Waals surface area contributed by atoms with Crippen molar-refractivity contribution in [2.45, 2.75) is 25.5 Å². The molecule has 0 unspecified atom stereocenters. The van der Waals surface area contributed by atoms with Gasteiger partial charge in [0.05, 0.1) is 0 Å². The number of amides is 2. The summed E-state index contributed by atoms with van der Waals surface area (Å²) in [6.07, 6.45) is 0.143. The first-order valence-electron chi connectivity index (χ1n) is 7.13. The van der Waals surface area contributed by atoms with Gasteiger partial charge in [-0.05, 0) is 60.7 Å². The third kappa shape index (κ3) is 4.45. The monoisotopic (exact) mass is 431 g/mol. The second-order valence-corrected chi connectivity index (χ2v) is 7.19. The van der Waals surface area contributed by atoms with Crippen LogP contribution in [0.2, 0.25) is 0 Å². The number of hydrogen-bond donors (Lipinski definition) is 1. The highest BCUT2D eigenvalue weighted by Gasteiger charge is 2.32. The maximum absolute atomic E-state index is 12.1. The zero-order valence-corrected chi connectivity index (χ0v) is 15.5. The minimum absolute atomic E-state index is 0.143. The molecule has 1 atom stereocenters. The van der Waals surface area contributed by atoms with Gasteiger partial charge in [0.2, 0.25) is 5.91 Å². The van der Waals surface area contributed by atoms with Crippen molar-refractivity contribution in [2.75, 3.05) is 18.4 Å². The molecule has 5 nitrogen and oxygen atoms in total. The van der Waals surface area contributed by atoms with E-state index in [0.717, 1.165) is 27.5 Å². The van der Waals surface area contributed by atoms with E-state index in [-0.39, 0.29) is 18.2 Å². The lowest BCUT2D eigenvalue weighted by Gasteiger charge is -2.19. The van der Waals surface area contributed by atoms with Crippen LogP contribution in [0.15, 0.2) is 29.3 Å². The largest absolute Gasteiger partial charge is 0.352 e. The van der Waals surface area contributed by atoms with E-state index in [2.05, 4.69) is 32.9 Å². The summed E-state index contributed by atoms with van der Waals surface area (Å²) in [5.74, 6) is -0.382. The standard InChI is InChI=1S/C15H18IN3O2S/c1-3-19(4-2)15-18-14(21)12(22-15)9-13(20)17-11-7-5-10(16)6-8-11/h5-8,12H,3-4,9H2,1-2H3,(H,17,20)/t12-/m0/s1. The van der Waals surface area contributed by atoms with E-state index in [4.69, 9.17) is 0 Å². The Bertz CT molecular complexity index is 585. The van der Waals surface area contributed by atoms with Gasteiger partial charge in [-0.15, -0.1) is 0 Å². The molecular formula is C15H18IN3O2S. The highest BCUT2D eigenvalue weighted by Crippen LogP contribution is 2.27. The summed E-state index contributed by atoms with van der Waals surface area (Å²) >= 11 is 3.59. The van der Waals surface area contributed by atoms with Gasteiger partial charge in [-0.3, -0.25) is 9.59 Å². The fraction of sp³-hybridized carbons (Fsp3) is 0.400. The van der Waals surface area contributed by atoms with Crippen LogP contribution in [0.1, 0.15) is 20.3 Å². The van der Waals surface area contributed by atoms with Crippen molar-refractivity contribution in [3.05, 3.63) is 27.8 Å². The lowest BCUT2D eigenvalue weighted by atomic mass is 10.2. The van der Waals surface area contributed by atoms with E-state index in [0.29, 0.717) is 0 Å². The molecule has 1 aromatic carbocycles. The number of carbonyl (C=O) groups is 2. The van der Waals surface area contributed by atoms with Gasteiger partial charge in [-0.25, -0.2) is 0 Å². The minimum Gasteiger partial charge on any atom is -0.352 e. The van der Waals surface area contributed by atoms with Gasteiger partial charge in [-0.2, -0.15) is 4.99 Å². The van der Waals surface area contributed by atoms with E-state index in [1.165, 1.54) is 11.8 Å². The van der Waals surface area contributed by atoms with E-state index in [1.54, 1.807) is 0 Å². The predicted molar refractivity (Wildman–Crippen MR) is 99.1 cm³/mol. The summed E-state index contributed by atoms with van der Waals surface area (Å²) in [5, 5.41) is 3.12. The van der Waals surface area contributed by atoms with Crippen LogP contribution in [-0.4, -0.2) is 40.2 Å². The smallest absolute Gasteiger partial charge is 0.262 e. The van der Waals surface area contributed by atoms with Crippen molar-refractivity contribution in [3.8, 4) is 0 Å². The van der Waals surface area contributed by atoms with Gasteiger partial charge >= 0.3 is 0 Å². The third-order valence-corrected chi connectivity index (χ3v) is 5.19. The van der Waals surface area contributed by atoms with Gasteiger partial charge in [0.25, 0.3) is 5.91 Å².